The molecule has 1 heterocycles. The van der Waals surface area contributed by atoms with Gasteiger partial charge in [0.2, 0.25) is 0 Å². The highest BCUT2D eigenvalue weighted by Crippen LogP contribution is 2.15. The summed E-state index contributed by atoms with van der Waals surface area (Å²) in [6.07, 6.45) is -0.397. The van der Waals surface area contributed by atoms with Gasteiger partial charge in [-0.3, -0.25) is 4.79 Å². The molecule has 0 aliphatic carbocycles. The Kier molecular flexibility index (Phi) is 6.04. The molecule has 1 N–H and O–H groups in total. The summed E-state index contributed by atoms with van der Waals surface area (Å²) in [5.74, 6) is 0.769. The molecule has 0 bridgehead atoms. The third-order valence-electron chi connectivity index (χ3n) is 4.27. The van der Waals surface area contributed by atoms with Crippen LogP contribution < -0.4 is 10.1 Å². The molecule has 0 aromatic heterocycles. The van der Waals surface area contributed by atoms with Crippen LogP contribution in [0.15, 0.2) is 54.6 Å². The fraction of sp³-hybridized carbons (Fsp3) is 0.350. The molecule has 132 valence electrons. The highest BCUT2D eigenvalue weighted by Gasteiger charge is 2.24. The molecular weight excluding hydrogens is 316 g/mol. The minimum absolute atomic E-state index is 0.0645. The van der Waals surface area contributed by atoms with E-state index in [2.05, 4.69) is 10.2 Å². The molecule has 5 nitrogen and oxygen atoms in total. The molecule has 1 aliphatic rings. The summed E-state index contributed by atoms with van der Waals surface area (Å²) >= 11 is 0. The number of nitrogens with one attached hydrogen (secondary N) is 1. The van der Waals surface area contributed by atoms with Crippen LogP contribution in [-0.2, 0) is 22.7 Å². The number of amides is 1. The van der Waals surface area contributed by atoms with Gasteiger partial charge in [0.05, 0.1) is 6.61 Å². The van der Waals surface area contributed by atoms with Crippen molar-refractivity contribution in [2.45, 2.75) is 19.3 Å². The number of carbonyl (C=O) groups is 1. The Hall–Kier alpha value is -2.37. The average Bonchev–Trinajstić information content (AvgIpc) is 2.66. The van der Waals surface area contributed by atoms with Crippen LogP contribution in [0.1, 0.15) is 11.1 Å². The molecule has 2 aromatic rings. The van der Waals surface area contributed by atoms with Gasteiger partial charge in [-0.1, -0.05) is 42.5 Å². The number of ether oxygens (including phenoxy) is 2. The lowest BCUT2D eigenvalue weighted by molar-refractivity contribution is -0.138. The molecule has 25 heavy (non-hydrogen) atoms. The van der Waals surface area contributed by atoms with E-state index in [-0.39, 0.29) is 5.91 Å². The van der Waals surface area contributed by atoms with E-state index in [1.54, 1.807) is 0 Å². The fourth-order valence-electron chi connectivity index (χ4n) is 2.78. The molecule has 5 heteroatoms. The van der Waals surface area contributed by atoms with Crippen LogP contribution in [0, 0.1) is 0 Å². The molecule has 0 spiro atoms. The Balaban J connectivity index is 1.56. The zero-order valence-corrected chi connectivity index (χ0v) is 14.5. The van der Waals surface area contributed by atoms with Gasteiger partial charge in [0.15, 0.2) is 0 Å². The van der Waals surface area contributed by atoms with Crippen LogP contribution in [0.2, 0.25) is 0 Å². The van der Waals surface area contributed by atoms with Gasteiger partial charge < -0.3 is 19.7 Å². The number of benzene rings is 2. The molecule has 0 radical (unpaired) electrons. The standard InChI is InChI=1S/C20H24N2O3/c1-22-11-12-24-19(14-22)20(23)21-13-16-7-5-6-8-17(16)15-25-18-9-3-2-4-10-18/h2-10,19H,11-15H2,1H3,(H,21,23)/t19-/m0/s1. The number of rotatable bonds is 6. The molecule has 1 atom stereocenters. The van der Waals surface area contributed by atoms with Gasteiger partial charge in [-0.15, -0.1) is 0 Å². The lowest BCUT2D eigenvalue weighted by atomic mass is 10.1. The smallest absolute Gasteiger partial charge is 0.250 e. The molecule has 1 saturated heterocycles. The molecule has 1 amide bonds. The maximum atomic E-state index is 12.3. The van der Waals surface area contributed by atoms with E-state index in [4.69, 9.17) is 9.47 Å². The van der Waals surface area contributed by atoms with E-state index in [1.807, 2.05) is 61.6 Å². The van der Waals surface area contributed by atoms with Crippen LogP contribution in [0.3, 0.4) is 0 Å². The normalized spacial score (nSPS) is 17.9. The zero-order valence-electron chi connectivity index (χ0n) is 14.5. The molecule has 1 aliphatic heterocycles. The fourth-order valence-corrected chi connectivity index (χ4v) is 2.78. The summed E-state index contributed by atoms with van der Waals surface area (Å²) in [7, 11) is 2.00. The second-order valence-corrected chi connectivity index (χ2v) is 6.21. The lowest BCUT2D eigenvalue weighted by Crippen LogP contribution is -2.48. The van der Waals surface area contributed by atoms with Gasteiger partial charge in [0, 0.05) is 19.6 Å². The highest BCUT2D eigenvalue weighted by atomic mass is 16.5. The summed E-state index contributed by atoms with van der Waals surface area (Å²) in [5, 5.41) is 2.98. The van der Waals surface area contributed by atoms with Gasteiger partial charge in [-0.05, 0) is 30.3 Å². The second-order valence-electron chi connectivity index (χ2n) is 6.21. The first kappa shape index (κ1) is 17.5. The van der Waals surface area contributed by atoms with E-state index >= 15 is 0 Å². The van der Waals surface area contributed by atoms with Gasteiger partial charge in [0.25, 0.3) is 5.91 Å². The summed E-state index contributed by atoms with van der Waals surface area (Å²) in [6, 6.07) is 17.7. The maximum absolute atomic E-state index is 12.3. The van der Waals surface area contributed by atoms with Crippen molar-refractivity contribution in [2.75, 3.05) is 26.7 Å². The molecule has 1 fully saturated rings. The lowest BCUT2D eigenvalue weighted by Gasteiger charge is -2.29. The van der Waals surface area contributed by atoms with Crippen LogP contribution in [0.25, 0.3) is 0 Å². The third kappa shape index (κ3) is 5.05. The first-order valence-electron chi connectivity index (χ1n) is 8.55. The van der Waals surface area contributed by atoms with E-state index in [9.17, 15) is 4.79 Å². The summed E-state index contributed by atoms with van der Waals surface area (Å²) in [6.45, 7) is 3.03. The number of hydrogen-bond acceptors (Lipinski definition) is 4. The second kappa shape index (κ2) is 8.65. The van der Waals surface area contributed by atoms with E-state index in [1.165, 1.54) is 0 Å². The van der Waals surface area contributed by atoms with Gasteiger partial charge in [0.1, 0.15) is 18.5 Å². The quantitative estimate of drug-likeness (QED) is 0.876. The van der Waals surface area contributed by atoms with Crippen molar-refractivity contribution in [1.82, 2.24) is 10.2 Å². The minimum Gasteiger partial charge on any atom is -0.489 e. The Morgan fingerprint density at radius 1 is 1.16 bits per heavy atom. The predicted octanol–water partition coefficient (Wildman–Crippen LogP) is 2.21. The first-order chi connectivity index (χ1) is 12.2. The summed E-state index contributed by atoms with van der Waals surface area (Å²) in [5.41, 5.74) is 2.12. The molecule has 0 saturated carbocycles. The molecular formula is C20H24N2O3. The summed E-state index contributed by atoms with van der Waals surface area (Å²) < 4.78 is 11.4. The van der Waals surface area contributed by atoms with Gasteiger partial charge in [-0.25, -0.2) is 0 Å². The highest BCUT2D eigenvalue weighted by molar-refractivity contribution is 5.81. The first-order valence-corrected chi connectivity index (χ1v) is 8.55. The largest absolute Gasteiger partial charge is 0.489 e. The molecule has 2 aromatic carbocycles. The predicted molar refractivity (Wildman–Crippen MR) is 96.3 cm³/mol. The maximum Gasteiger partial charge on any atom is 0.250 e. The number of nitrogens with zero attached hydrogens (tertiary/aromatic N) is 1. The zero-order chi connectivity index (χ0) is 17.5. The van der Waals surface area contributed by atoms with Crippen LogP contribution in [0.4, 0.5) is 0 Å². The van der Waals surface area contributed by atoms with Crippen molar-refractivity contribution in [2.24, 2.45) is 0 Å². The van der Waals surface area contributed by atoms with Crippen molar-refractivity contribution in [3.63, 3.8) is 0 Å². The average molecular weight is 340 g/mol. The minimum atomic E-state index is -0.397. The van der Waals surface area contributed by atoms with E-state index < -0.39 is 6.10 Å². The van der Waals surface area contributed by atoms with Crippen LogP contribution in [-0.4, -0.2) is 43.7 Å². The molecule has 0 unspecified atom stereocenters. The summed E-state index contributed by atoms with van der Waals surface area (Å²) in [4.78, 5) is 14.4. The van der Waals surface area contributed by atoms with E-state index in [0.717, 1.165) is 23.4 Å². The van der Waals surface area contributed by atoms with Crippen LogP contribution >= 0.6 is 0 Å². The number of para-hydroxylation sites is 1. The third-order valence-corrected chi connectivity index (χ3v) is 4.27. The van der Waals surface area contributed by atoms with Crippen molar-refractivity contribution in [1.29, 1.82) is 0 Å². The van der Waals surface area contributed by atoms with Gasteiger partial charge >= 0.3 is 0 Å². The Bertz CT molecular complexity index is 690. The van der Waals surface area contributed by atoms with Crippen molar-refractivity contribution >= 4 is 5.91 Å². The number of likely N-dealkylation sites (N-methyl/N-ethyl adjacent to an activating group) is 1. The number of morpholine rings is 1. The number of carbonyl (C=O) groups excluding carboxylic acids is 1. The SMILES string of the molecule is CN1CCO[C@H](C(=O)NCc2ccccc2COc2ccccc2)C1. The van der Waals surface area contributed by atoms with Crippen molar-refractivity contribution in [3.8, 4) is 5.75 Å². The Morgan fingerprint density at radius 3 is 2.64 bits per heavy atom. The Labute approximate surface area is 148 Å². The van der Waals surface area contributed by atoms with Crippen molar-refractivity contribution in [3.05, 3.63) is 65.7 Å². The van der Waals surface area contributed by atoms with E-state index in [0.29, 0.717) is 26.3 Å². The van der Waals surface area contributed by atoms with Crippen LogP contribution in [0.5, 0.6) is 5.75 Å². The monoisotopic (exact) mass is 340 g/mol. The molecule has 3 rings (SSSR count). The van der Waals surface area contributed by atoms with Gasteiger partial charge in [-0.2, -0.15) is 0 Å². The Morgan fingerprint density at radius 2 is 1.88 bits per heavy atom. The topological polar surface area (TPSA) is 50.8 Å². The van der Waals surface area contributed by atoms with Crippen molar-refractivity contribution < 1.29 is 14.3 Å². The number of hydrogen-bond donors (Lipinski definition) is 1.